The van der Waals surface area contributed by atoms with E-state index in [4.69, 9.17) is 0 Å². The fourth-order valence-electron chi connectivity index (χ4n) is 7.45. The zero-order valence-corrected chi connectivity index (χ0v) is 28.1. The Kier molecular flexibility index (Phi) is 6.61. The van der Waals surface area contributed by atoms with Crippen LogP contribution in [0.25, 0.3) is 73.4 Å². The zero-order chi connectivity index (χ0) is 32.3. The van der Waals surface area contributed by atoms with Crippen molar-refractivity contribution < 1.29 is 0 Å². The minimum absolute atomic E-state index is 1.15. The largest absolute Gasteiger partial charge is 0.309 e. The Labute approximate surface area is 292 Å². The van der Waals surface area contributed by atoms with Gasteiger partial charge in [0.2, 0.25) is 0 Å². The number of anilines is 3. The minimum atomic E-state index is 1.15. The van der Waals surface area contributed by atoms with Gasteiger partial charge in [0.05, 0.1) is 11.4 Å². The summed E-state index contributed by atoms with van der Waals surface area (Å²) in [6, 6.07) is 64.5. The highest BCUT2D eigenvalue weighted by molar-refractivity contribution is 7.26. The summed E-state index contributed by atoms with van der Waals surface area (Å²) in [5, 5.41) is 7.73. The van der Waals surface area contributed by atoms with E-state index in [0.29, 0.717) is 0 Å². The Bertz CT molecular complexity index is 2850. The van der Waals surface area contributed by atoms with Crippen molar-refractivity contribution in [1.82, 2.24) is 0 Å². The fourth-order valence-corrected chi connectivity index (χ4v) is 9.71. The first-order valence-electron chi connectivity index (χ1n) is 16.6. The van der Waals surface area contributed by atoms with Crippen molar-refractivity contribution >= 4 is 90.9 Å². The third-order valence-corrected chi connectivity index (χ3v) is 11.9. The number of rotatable bonds is 5. The summed E-state index contributed by atoms with van der Waals surface area (Å²) >= 11 is 3.73. The molecule has 0 spiro atoms. The van der Waals surface area contributed by atoms with Gasteiger partial charge >= 0.3 is 0 Å². The first-order valence-corrected chi connectivity index (χ1v) is 18.2. The summed E-state index contributed by atoms with van der Waals surface area (Å²) < 4.78 is 5.21. The molecule has 0 saturated heterocycles. The third-order valence-electron chi connectivity index (χ3n) is 9.66. The number of hydrogen-bond acceptors (Lipinski definition) is 3. The van der Waals surface area contributed by atoms with Crippen molar-refractivity contribution in [1.29, 1.82) is 0 Å². The number of hydrogen-bond donors (Lipinski definition) is 0. The molecule has 0 atom stereocenters. The Morgan fingerprint density at radius 1 is 0.347 bits per heavy atom. The highest BCUT2D eigenvalue weighted by Crippen LogP contribution is 2.48. The van der Waals surface area contributed by atoms with E-state index in [-0.39, 0.29) is 0 Å². The molecule has 0 aliphatic carbocycles. The summed E-state index contributed by atoms with van der Waals surface area (Å²) in [6.07, 6.45) is 0. The van der Waals surface area contributed by atoms with Crippen LogP contribution in [0.5, 0.6) is 0 Å². The van der Waals surface area contributed by atoms with Crippen molar-refractivity contribution in [3.05, 3.63) is 176 Å². The highest BCUT2D eigenvalue weighted by Gasteiger charge is 2.22. The molecule has 0 unspecified atom stereocenters. The van der Waals surface area contributed by atoms with Gasteiger partial charge < -0.3 is 4.90 Å². The van der Waals surface area contributed by atoms with E-state index in [1.807, 2.05) is 22.7 Å². The Morgan fingerprint density at radius 3 is 1.82 bits per heavy atom. The number of nitrogens with zero attached hydrogens (tertiary/aromatic N) is 1. The van der Waals surface area contributed by atoms with Crippen LogP contribution < -0.4 is 4.90 Å². The summed E-state index contributed by atoms with van der Waals surface area (Å²) in [7, 11) is 0. The second-order valence-electron chi connectivity index (χ2n) is 12.5. The molecular formula is C46H29NS2. The quantitative estimate of drug-likeness (QED) is 0.178. The monoisotopic (exact) mass is 659 g/mol. The maximum absolute atomic E-state index is 2.49. The number of thiophene rings is 2. The molecule has 2 aromatic heterocycles. The summed E-state index contributed by atoms with van der Waals surface area (Å²) in [6.45, 7) is 0. The van der Waals surface area contributed by atoms with Gasteiger partial charge in [0.25, 0.3) is 0 Å². The van der Waals surface area contributed by atoms with Gasteiger partial charge in [0.15, 0.2) is 0 Å². The second kappa shape index (κ2) is 11.5. The van der Waals surface area contributed by atoms with Gasteiger partial charge in [-0.1, -0.05) is 127 Å². The molecule has 0 amide bonds. The van der Waals surface area contributed by atoms with Crippen molar-refractivity contribution in [2.75, 3.05) is 4.90 Å². The van der Waals surface area contributed by atoms with Gasteiger partial charge in [0, 0.05) is 51.6 Å². The Balaban J connectivity index is 1.22. The first-order chi connectivity index (χ1) is 24.3. The fraction of sp³-hybridized carbons (Fsp3) is 0. The molecule has 0 aliphatic rings. The highest BCUT2D eigenvalue weighted by atomic mass is 32.1. The van der Waals surface area contributed by atoms with E-state index in [9.17, 15) is 0 Å². The predicted molar refractivity (Wildman–Crippen MR) is 215 cm³/mol. The predicted octanol–water partition coefficient (Wildman–Crippen LogP) is 14.4. The van der Waals surface area contributed by atoms with E-state index in [0.717, 1.165) is 11.4 Å². The van der Waals surface area contributed by atoms with Crippen LogP contribution in [-0.4, -0.2) is 0 Å². The molecule has 10 rings (SSSR count). The lowest BCUT2D eigenvalue weighted by molar-refractivity contribution is 1.31. The first kappa shape index (κ1) is 28.3. The Hall–Kier alpha value is -5.74. The normalized spacial score (nSPS) is 11.7. The van der Waals surface area contributed by atoms with Gasteiger partial charge in [-0.3, -0.25) is 0 Å². The second-order valence-corrected chi connectivity index (χ2v) is 14.7. The molecule has 8 aromatic carbocycles. The van der Waals surface area contributed by atoms with Crippen LogP contribution in [0.2, 0.25) is 0 Å². The third kappa shape index (κ3) is 4.66. The van der Waals surface area contributed by atoms with Crippen LogP contribution >= 0.6 is 22.7 Å². The SMILES string of the molecule is c1cc(-c2ccccc2N(c2ccc3c(c2)sc2ccccc23)c2cccc3sc4ccccc4c23)cc(-c2cccc3ccccc23)c1. The molecule has 49 heavy (non-hydrogen) atoms. The summed E-state index contributed by atoms with van der Waals surface area (Å²) in [5.41, 5.74) is 8.34. The molecule has 0 N–H and O–H groups in total. The lowest BCUT2D eigenvalue weighted by Gasteiger charge is -2.29. The molecule has 1 nitrogen and oxygen atoms in total. The topological polar surface area (TPSA) is 3.24 Å². The van der Waals surface area contributed by atoms with E-state index in [1.165, 1.54) is 79.1 Å². The molecule has 2 heterocycles. The van der Waals surface area contributed by atoms with E-state index < -0.39 is 0 Å². The molecule has 0 radical (unpaired) electrons. The van der Waals surface area contributed by atoms with E-state index >= 15 is 0 Å². The summed E-state index contributed by atoms with van der Waals surface area (Å²) in [4.78, 5) is 2.49. The summed E-state index contributed by atoms with van der Waals surface area (Å²) in [5.74, 6) is 0. The average molecular weight is 660 g/mol. The standard InChI is InChI=1S/C46H29NS2/c1-2-16-34-30(12-1)13-10-20-35(34)31-14-9-15-32(28-31)36-17-3-6-21-40(36)47(33-26-27-38-37-18-4-7-23-42(37)49-45(38)29-33)41-22-11-25-44-46(41)39-19-5-8-24-43(39)48-44/h1-29H. The van der Waals surface area contributed by atoms with Crippen LogP contribution in [-0.2, 0) is 0 Å². The van der Waals surface area contributed by atoms with Crippen LogP contribution in [0.1, 0.15) is 0 Å². The molecule has 0 fully saturated rings. The maximum atomic E-state index is 2.49. The van der Waals surface area contributed by atoms with Gasteiger partial charge in [-0.15, -0.1) is 22.7 Å². The van der Waals surface area contributed by atoms with Crippen molar-refractivity contribution in [3.8, 4) is 22.3 Å². The van der Waals surface area contributed by atoms with Crippen LogP contribution in [0.15, 0.2) is 176 Å². The molecule has 10 aromatic rings. The molecule has 0 aliphatic heterocycles. The zero-order valence-electron chi connectivity index (χ0n) is 26.5. The molecular weight excluding hydrogens is 631 g/mol. The van der Waals surface area contributed by atoms with Crippen molar-refractivity contribution in [2.45, 2.75) is 0 Å². The van der Waals surface area contributed by atoms with Crippen LogP contribution in [0.4, 0.5) is 17.1 Å². The number of benzene rings is 8. The van der Waals surface area contributed by atoms with Crippen molar-refractivity contribution in [3.63, 3.8) is 0 Å². The average Bonchev–Trinajstić information content (AvgIpc) is 3.73. The van der Waals surface area contributed by atoms with Crippen molar-refractivity contribution in [2.24, 2.45) is 0 Å². The van der Waals surface area contributed by atoms with Gasteiger partial charge in [-0.2, -0.15) is 0 Å². The van der Waals surface area contributed by atoms with Crippen LogP contribution in [0.3, 0.4) is 0 Å². The number of para-hydroxylation sites is 1. The molecule has 0 saturated carbocycles. The molecule has 230 valence electrons. The van der Waals surface area contributed by atoms with E-state index in [2.05, 4.69) is 181 Å². The molecule has 0 bridgehead atoms. The smallest absolute Gasteiger partial charge is 0.0555 e. The Morgan fingerprint density at radius 2 is 0.918 bits per heavy atom. The maximum Gasteiger partial charge on any atom is 0.0555 e. The lowest BCUT2D eigenvalue weighted by Crippen LogP contribution is -2.11. The van der Waals surface area contributed by atoms with Gasteiger partial charge in [0.1, 0.15) is 0 Å². The lowest BCUT2D eigenvalue weighted by atomic mass is 9.94. The van der Waals surface area contributed by atoms with Gasteiger partial charge in [-0.05, 0) is 76.0 Å². The minimum Gasteiger partial charge on any atom is -0.309 e. The van der Waals surface area contributed by atoms with Gasteiger partial charge in [-0.25, -0.2) is 0 Å². The van der Waals surface area contributed by atoms with E-state index in [1.54, 1.807) is 0 Å². The van der Waals surface area contributed by atoms with Crippen LogP contribution in [0, 0.1) is 0 Å². The number of fused-ring (bicyclic) bond motifs is 7. The molecule has 3 heteroatoms.